The van der Waals surface area contributed by atoms with E-state index < -0.39 is 21.4 Å². The normalized spacial score (nSPS) is 10.2. The second-order valence-corrected chi connectivity index (χ2v) is 4.38. The molecule has 1 aromatic carbocycles. The second-order valence-electron chi connectivity index (χ2n) is 4.00. The first kappa shape index (κ1) is 14.7. The molecule has 0 N–H and O–H groups in total. The van der Waals surface area contributed by atoms with Gasteiger partial charge in [0.05, 0.1) is 9.85 Å². The van der Waals surface area contributed by atoms with Gasteiger partial charge in [0.25, 0.3) is 0 Å². The van der Waals surface area contributed by atoms with Crippen LogP contribution in [0.25, 0.3) is 0 Å². The quantitative estimate of drug-likeness (QED) is 0.484. The van der Waals surface area contributed by atoms with Crippen LogP contribution in [0.5, 0.6) is 11.6 Å². The zero-order chi connectivity index (χ0) is 15.6. The minimum absolute atomic E-state index is 0.0214. The van der Waals surface area contributed by atoms with Gasteiger partial charge in [-0.05, 0) is 18.6 Å². The number of aryl methyl sites for hydroxylation is 1. The number of ether oxygens (including phenoxy) is 1. The van der Waals surface area contributed by atoms with Crippen molar-refractivity contribution in [2.45, 2.75) is 6.92 Å². The number of hydrogen-bond donors (Lipinski definition) is 0. The van der Waals surface area contributed by atoms with E-state index in [0.29, 0.717) is 5.56 Å². The number of nitrogens with zero attached hydrogens (tertiary/aromatic N) is 3. The fraction of sp³-hybridized carbons (Fsp3) is 0.0833. The van der Waals surface area contributed by atoms with E-state index in [4.69, 9.17) is 16.3 Å². The van der Waals surface area contributed by atoms with Crippen molar-refractivity contribution in [1.82, 2.24) is 4.98 Å². The Balaban J connectivity index is 2.55. The Kier molecular flexibility index (Phi) is 3.99. The summed E-state index contributed by atoms with van der Waals surface area (Å²) in [4.78, 5) is 24.3. The number of halogens is 1. The predicted octanol–water partition coefficient (Wildman–Crippen LogP) is 3.65. The number of hydrogen-bond acceptors (Lipinski definition) is 6. The molecule has 0 unspecified atom stereocenters. The smallest absolute Gasteiger partial charge is 0.331 e. The lowest BCUT2D eigenvalue weighted by Gasteiger charge is -2.08. The summed E-state index contributed by atoms with van der Waals surface area (Å²) in [5, 5.41) is 21.9. The molecule has 0 saturated carbocycles. The summed E-state index contributed by atoms with van der Waals surface area (Å²) >= 11 is 5.68. The summed E-state index contributed by atoms with van der Waals surface area (Å²) in [5.41, 5.74) is -0.303. The van der Waals surface area contributed by atoms with E-state index in [2.05, 4.69) is 4.98 Å². The molecule has 9 heteroatoms. The number of nitro groups is 2. The van der Waals surface area contributed by atoms with Crippen molar-refractivity contribution in [3.63, 3.8) is 0 Å². The minimum atomic E-state index is -0.706. The molecule has 0 radical (unpaired) electrons. The highest BCUT2D eigenvalue weighted by atomic mass is 35.5. The molecule has 0 aliphatic heterocycles. The summed E-state index contributed by atoms with van der Waals surface area (Å²) in [6, 6.07) is 6.66. The number of rotatable bonds is 4. The number of pyridine rings is 1. The Morgan fingerprint density at radius 2 is 1.76 bits per heavy atom. The van der Waals surface area contributed by atoms with Crippen molar-refractivity contribution >= 4 is 23.0 Å². The van der Waals surface area contributed by atoms with Gasteiger partial charge in [0.1, 0.15) is 5.15 Å². The van der Waals surface area contributed by atoms with Gasteiger partial charge in [-0.15, -0.1) is 0 Å². The van der Waals surface area contributed by atoms with Crippen LogP contribution in [0.1, 0.15) is 5.56 Å². The third kappa shape index (κ3) is 3.06. The van der Waals surface area contributed by atoms with Crippen LogP contribution in [0, 0.1) is 27.2 Å². The first-order chi connectivity index (χ1) is 9.90. The molecule has 0 aliphatic carbocycles. The summed E-state index contributed by atoms with van der Waals surface area (Å²) in [6.45, 7) is 1.58. The van der Waals surface area contributed by atoms with Crippen LogP contribution in [0.3, 0.4) is 0 Å². The second kappa shape index (κ2) is 5.71. The lowest BCUT2D eigenvalue weighted by Crippen LogP contribution is -2.00. The Hall–Kier alpha value is -2.74. The van der Waals surface area contributed by atoms with Gasteiger partial charge < -0.3 is 4.74 Å². The maximum Gasteiger partial charge on any atom is 0.331 e. The van der Waals surface area contributed by atoms with Gasteiger partial charge in [-0.1, -0.05) is 23.7 Å². The van der Waals surface area contributed by atoms with E-state index in [1.165, 1.54) is 18.2 Å². The highest BCUT2D eigenvalue weighted by Crippen LogP contribution is 2.37. The minimum Gasteiger partial charge on any atom is -0.426 e. The summed E-state index contributed by atoms with van der Waals surface area (Å²) < 4.78 is 5.30. The highest BCUT2D eigenvalue weighted by molar-refractivity contribution is 6.29. The van der Waals surface area contributed by atoms with Crippen LogP contribution < -0.4 is 4.74 Å². The van der Waals surface area contributed by atoms with Crippen LogP contribution >= 0.6 is 11.6 Å². The molecule has 21 heavy (non-hydrogen) atoms. The van der Waals surface area contributed by atoms with Gasteiger partial charge in [-0.25, -0.2) is 0 Å². The molecule has 2 rings (SSSR count). The number of para-hydroxylation sites is 1. The highest BCUT2D eigenvalue weighted by Gasteiger charge is 2.24. The molecule has 8 nitrogen and oxygen atoms in total. The van der Waals surface area contributed by atoms with Gasteiger partial charge in [0, 0.05) is 12.1 Å². The summed E-state index contributed by atoms with van der Waals surface area (Å²) in [7, 11) is 0. The van der Waals surface area contributed by atoms with Crippen molar-refractivity contribution in [2.24, 2.45) is 0 Å². The van der Waals surface area contributed by atoms with Crippen molar-refractivity contribution in [3.05, 3.63) is 61.3 Å². The Morgan fingerprint density at radius 3 is 2.38 bits per heavy atom. The number of nitro benzene ring substituents is 1. The Morgan fingerprint density at radius 1 is 1.10 bits per heavy atom. The first-order valence-electron chi connectivity index (χ1n) is 5.63. The maximum atomic E-state index is 11.0. The van der Waals surface area contributed by atoms with Crippen molar-refractivity contribution in [1.29, 1.82) is 0 Å². The Bertz CT molecular complexity index is 735. The van der Waals surface area contributed by atoms with Gasteiger partial charge >= 0.3 is 17.3 Å². The van der Waals surface area contributed by atoms with Crippen LogP contribution in [-0.2, 0) is 0 Å². The zero-order valence-corrected chi connectivity index (χ0v) is 11.4. The molecule has 0 aliphatic rings. The lowest BCUT2D eigenvalue weighted by atomic mass is 10.2. The van der Waals surface area contributed by atoms with Crippen LogP contribution in [0.15, 0.2) is 30.3 Å². The molecule has 108 valence electrons. The van der Waals surface area contributed by atoms with Crippen LogP contribution in [0.2, 0.25) is 5.15 Å². The van der Waals surface area contributed by atoms with E-state index in [-0.39, 0.29) is 16.6 Å². The molecule has 0 saturated heterocycles. The van der Waals surface area contributed by atoms with E-state index in [9.17, 15) is 20.2 Å². The first-order valence-corrected chi connectivity index (χ1v) is 6.00. The molecule has 1 heterocycles. The molecule has 0 fully saturated rings. The van der Waals surface area contributed by atoms with Crippen LogP contribution in [-0.4, -0.2) is 14.8 Å². The Labute approximate surface area is 123 Å². The van der Waals surface area contributed by atoms with Crippen molar-refractivity contribution in [2.75, 3.05) is 0 Å². The average Bonchev–Trinajstić information content (AvgIpc) is 2.40. The standard InChI is InChI=1S/C12H8ClN3O5/c1-7-3-2-4-8(15(17)18)11(7)21-12-9(16(19)20)5-6-10(13)14-12/h2-6H,1H3. The largest absolute Gasteiger partial charge is 0.426 e. The average molecular weight is 310 g/mol. The summed E-state index contributed by atoms with van der Waals surface area (Å²) in [5.74, 6) is -0.509. The topological polar surface area (TPSA) is 108 Å². The van der Waals surface area contributed by atoms with Crippen molar-refractivity contribution in [3.8, 4) is 11.6 Å². The van der Waals surface area contributed by atoms with Gasteiger partial charge in [-0.3, -0.25) is 20.2 Å². The predicted molar refractivity (Wildman–Crippen MR) is 73.8 cm³/mol. The fourth-order valence-corrected chi connectivity index (χ4v) is 1.77. The molecule has 0 spiro atoms. The van der Waals surface area contributed by atoms with E-state index in [1.54, 1.807) is 13.0 Å². The van der Waals surface area contributed by atoms with Crippen molar-refractivity contribution < 1.29 is 14.6 Å². The third-order valence-corrected chi connectivity index (χ3v) is 2.80. The molecule has 0 atom stereocenters. The van der Waals surface area contributed by atoms with Gasteiger partial charge in [0.2, 0.25) is 5.75 Å². The number of aromatic nitrogens is 1. The molecule has 0 amide bonds. The molecule has 0 bridgehead atoms. The zero-order valence-electron chi connectivity index (χ0n) is 10.6. The maximum absolute atomic E-state index is 11.0. The molecule has 1 aromatic heterocycles. The van der Waals surface area contributed by atoms with Gasteiger partial charge in [0.15, 0.2) is 0 Å². The monoisotopic (exact) mass is 309 g/mol. The lowest BCUT2D eigenvalue weighted by molar-refractivity contribution is -0.387. The fourth-order valence-electron chi connectivity index (χ4n) is 1.63. The van der Waals surface area contributed by atoms with E-state index >= 15 is 0 Å². The van der Waals surface area contributed by atoms with Crippen LogP contribution in [0.4, 0.5) is 11.4 Å². The molecular formula is C12H8ClN3O5. The summed E-state index contributed by atoms with van der Waals surface area (Å²) in [6.07, 6.45) is 0. The molecular weight excluding hydrogens is 302 g/mol. The molecule has 2 aromatic rings. The number of benzene rings is 1. The third-order valence-electron chi connectivity index (χ3n) is 2.59. The van der Waals surface area contributed by atoms with E-state index in [1.807, 2.05) is 0 Å². The van der Waals surface area contributed by atoms with E-state index in [0.717, 1.165) is 6.07 Å². The van der Waals surface area contributed by atoms with Gasteiger partial charge in [-0.2, -0.15) is 4.98 Å². The SMILES string of the molecule is Cc1cccc([N+](=O)[O-])c1Oc1nc(Cl)ccc1[N+](=O)[O-].